The summed E-state index contributed by atoms with van der Waals surface area (Å²) in [7, 11) is 0. The van der Waals surface area contributed by atoms with Crippen molar-refractivity contribution in [3.05, 3.63) is 109 Å². The predicted molar refractivity (Wildman–Crippen MR) is 122 cm³/mol. The summed E-state index contributed by atoms with van der Waals surface area (Å²) in [6, 6.07) is 14.0. The summed E-state index contributed by atoms with van der Waals surface area (Å²) in [5, 5.41) is 0.498. The molecule has 3 heterocycles. The second-order valence-corrected chi connectivity index (χ2v) is 8.61. The molecule has 2 aromatic heterocycles. The molecule has 0 aliphatic carbocycles. The van der Waals surface area contributed by atoms with Crippen LogP contribution in [0.4, 0.5) is 4.39 Å². The fourth-order valence-corrected chi connectivity index (χ4v) is 4.66. The van der Waals surface area contributed by atoms with Gasteiger partial charge in [-0.2, -0.15) is 0 Å². The van der Waals surface area contributed by atoms with Crippen LogP contribution >= 0.6 is 23.2 Å². The number of carbonyl (C=O) groups is 1. The number of hydrogen-bond acceptors (Lipinski definition) is 2. The van der Waals surface area contributed by atoms with Crippen LogP contribution in [-0.2, 0) is 19.4 Å². The molecule has 0 unspecified atom stereocenters. The summed E-state index contributed by atoms with van der Waals surface area (Å²) in [5.74, 6) is -0.904. The highest BCUT2D eigenvalue weighted by molar-refractivity contribution is 6.42. The molecule has 5 rings (SSSR count). The van der Waals surface area contributed by atoms with E-state index in [9.17, 15) is 14.0 Å². The minimum Gasteiger partial charge on any atom is -0.334 e. The second kappa shape index (κ2) is 8.11. The van der Waals surface area contributed by atoms with Crippen molar-refractivity contribution in [3.8, 4) is 0 Å². The van der Waals surface area contributed by atoms with Gasteiger partial charge in [0.05, 0.1) is 10.6 Å². The average molecular weight is 470 g/mol. The van der Waals surface area contributed by atoms with Gasteiger partial charge in [0.15, 0.2) is 0 Å². The monoisotopic (exact) mass is 469 g/mol. The molecule has 162 valence electrons. The van der Waals surface area contributed by atoms with E-state index in [1.54, 1.807) is 27.6 Å². The van der Waals surface area contributed by atoms with E-state index >= 15 is 0 Å². The van der Waals surface area contributed by atoms with Crippen LogP contribution < -0.4 is 5.56 Å². The van der Waals surface area contributed by atoms with Crippen LogP contribution in [0.1, 0.15) is 32.7 Å². The van der Waals surface area contributed by atoms with Gasteiger partial charge in [-0.3, -0.25) is 14.0 Å². The Labute approximate surface area is 193 Å². The van der Waals surface area contributed by atoms with Crippen LogP contribution in [0, 0.1) is 5.82 Å². The van der Waals surface area contributed by atoms with Gasteiger partial charge < -0.3 is 9.88 Å². The molecule has 0 radical (unpaired) electrons. The quantitative estimate of drug-likeness (QED) is 0.465. The van der Waals surface area contributed by atoms with Gasteiger partial charge in [0.2, 0.25) is 0 Å². The summed E-state index contributed by atoms with van der Waals surface area (Å²) in [4.78, 5) is 29.6. The lowest BCUT2D eigenvalue weighted by Gasteiger charge is -2.29. The van der Waals surface area contributed by atoms with Crippen LogP contribution in [0.5, 0.6) is 0 Å². The molecule has 0 saturated heterocycles. The van der Waals surface area contributed by atoms with Crippen molar-refractivity contribution in [2.45, 2.75) is 19.4 Å². The smallest absolute Gasteiger partial charge is 0.272 e. The van der Waals surface area contributed by atoms with E-state index < -0.39 is 5.82 Å². The molecule has 0 atom stereocenters. The minimum absolute atomic E-state index is 0.0270. The van der Waals surface area contributed by atoms with Gasteiger partial charge in [0.25, 0.3) is 11.5 Å². The maximum atomic E-state index is 14.6. The largest absolute Gasteiger partial charge is 0.334 e. The maximum absolute atomic E-state index is 14.6. The number of nitrogens with one attached hydrogen (secondary N) is 1. The number of rotatable bonds is 3. The van der Waals surface area contributed by atoms with E-state index in [4.69, 9.17) is 23.2 Å². The molecular formula is C24H18Cl2FN3O2. The molecular weight excluding hydrogens is 452 g/mol. The Morgan fingerprint density at radius 2 is 1.88 bits per heavy atom. The van der Waals surface area contributed by atoms with E-state index in [2.05, 4.69) is 11.1 Å². The molecule has 2 aromatic carbocycles. The summed E-state index contributed by atoms with van der Waals surface area (Å²) in [6.07, 6.45) is 2.61. The zero-order chi connectivity index (χ0) is 22.4. The zero-order valence-electron chi connectivity index (χ0n) is 16.9. The van der Waals surface area contributed by atoms with E-state index in [1.807, 2.05) is 18.2 Å². The molecule has 0 spiro atoms. The Morgan fingerprint density at radius 3 is 2.69 bits per heavy atom. The number of benzene rings is 2. The Balaban J connectivity index is 1.46. The van der Waals surface area contributed by atoms with E-state index in [0.717, 1.165) is 12.0 Å². The molecule has 1 amide bonds. The summed E-state index contributed by atoms with van der Waals surface area (Å²) in [5.41, 5.74) is 3.70. The van der Waals surface area contributed by atoms with Crippen LogP contribution in [0.15, 0.2) is 59.5 Å². The first-order chi connectivity index (χ1) is 15.4. The molecule has 8 heteroatoms. The van der Waals surface area contributed by atoms with Gasteiger partial charge in [0, 0.05) is 31.4 Å². The lowest BCUT2D eigenvalue weighted by atomic mass is 9.98. The van der Waals surface area contributed by atoms with Crippen molar-refractivity contribution in [2.75, 3.05) is 6.54 Å². The Kier molecular flexibility index (Phi) is 5.27. The van der Waals surface area contributed by atoms with E-state index in [1.165, 1.54) is 17.7 Å². The number of amides is 1. The van der Waals surface area contributed by atoms with Crippen LogP contribution in [0.3, 0.4) is 0 Å². The Morgan fingerprint density at radius 1 is 1.09 bits per heavy atom. The Bertz CT molecular complexity index is 1430. The lowest BCUT2D eigenvalue weighted by molar-refractivity contribution is 0.0730. The SMILES string of the molecule is O=C(c1cc(Cc2c[nH]c(=O)c3cc(Cl)c(Cl)n23)ccc1F)N1CCc2ccccc2C1. The van der Waals surface area contributed by atoms with Gasteiger partial charge >= 0.3 is 0 Å². The third kappa shape index (κ3) is 3.59. The number of H-pyrrole nitrogens is 1. The third-order valence-corrected chi connectivity index (χ3v) is 6.61. The predicted octanol–water partition coefficient (Wildman–Crippen LogP) is 4.86. The Hall–Kier alpha value is -3.09. The first-order valence-corrected chi connectivity index (χ1v) is 10.9. The van der Waals surface area contributed by atoms with Gasteiger partial charge in [-0.25, -0.2) is 4.39 Å². The fraction of sp³-hybridized carbons (Fsp3) is 0.167. The first-order valence-electron chi connectivity index (χ1n) is 10.1. The van der Waals surface area contributed by atoms with Crippen molar-refractivity contribution in [1.82, 2.24) is 14.3 Å². The van der Waals surface area contributed by atoms with Gasteiger partial charge in [-0.1, -0.05) is 53.5 Å². The first kappa shape index (κ1) is 20.8. The second-order valence-electron chi connectivity index (χ2n) is 7.85. The van der Waals surface area contributed by atoms with Gasteiger partial charge in [-0.05, 0) is 41.3 Å². The lowest BCUT2D eigenvalue weighted by Crippen LogP contribution is -2.36. The van der Waals surface area contributed by atoms with E-state index in [0.29, 0.717) is 36.3 Å². The molecule has 4 aromatic rings. The summed E-state index contributed by atoms with van der Waals surface area (Å²) in [6.45, 7) is 0.994. The van der Waals surface area contributed by atoms with Crippen molar-refractivity contribution < 1.29 is 9.18 Å². The van der Waals surface area contributed by atoms with E-state index in [-0.39, 0.29) is 27.2 Å². The zero-order valence-corrected chi connectivity index (χ0v) is 18.4. The third-order valence-electron chi connectivity index (χ3n) is 5.85. The summed E-state index contributed by atoms with van der Waals surface area (Å²) < 4.78 is 16.2. The number of aromatic amines is 1. The van der Waals surface area contributed by atoms with Crippen LogP contribution in [-0.4, -0.2) is 26.7 Å². The number of halogens is 3. The molecule has 0 fully saturated rings. The summed E-state index contributed by atoms with van der Waals surface area (Å²) >= 11 is 12.4. The number of hydrogen-bond donors (Lipinski definition) is 1. The number of carbonyl (C=O) groups excluding carboxylic acids is 1. The topological polar surface area (TPSA) is 57.6 Å². The van der Waals surface area contributed by atoms with Crippen molar-refractivity contribution in [2.24, 2.45) is 0 Å². The minimum atomic E-state index is -0.564. The fourth-order valence-electron chi connectivity index (χ4n) is 4.22. The molecule has 32 heavy (non-hydrogen) atoms. The highest BCUT2D eigenvalue weighted by Gasteiger charge is 2.24. The molecule has 1 aliphatic heterocycles. The molecule has 1 N–H and O–H groups in total. The normalized spacial score (nSPS) is 13.4. The average Bonchev–Trinajstić information content (AvgIpc) is 3.11. The highest BCUT2D eigenvalue weighted by Crippen LogP contribution is 2.27. The highest BCUT2D eigenvalue weighted by atomic mass is 35.5. The molecule has 1 aliphatic rings. The van der Waals surface area contributed by atoms with Crippen molar-refractivity contribution >= 4 is 34.6 Å². The molecule has 0 bridgehead atoms. The van der Waals surface area contributed by atoms with Crippen LogP contribution in [0.2, 0.25) is 10.2 Å². The van der Waals surface area contributed by atoms with Gasteiger partial charge in [-0.15, -0.1) is 0 Å². The number of nitrogens with zero attached hydrogens (tertiary/aromatic N) is 2. The maximum Gasteiger partial charge on any atom is 0.272 e. The number of aromatic nitrogens is 2. The molecule has 0 saturated carbocycles. The van der Waals surface area contributed by atoms with Crippen LogP contribution in [0.25, 0.3) is 5.52 Å². The standard InChI is InChI=1S/C24H18Cl2FN3O2/c25-19-11-21-23(31)28-12-17(30(21)22(19)26)9-14-5-6-20(27)18(10-14)24(32)29-8-7-15-3-1-2-4-16(15)13-29/h1-6,10-12H,7-9,13H2,(H,28,31). The molecule has 5 nitrogen and oxygen atoms in total. The van der Waals surface area contributed by atoms with Gasteiger partial charge in [0.1, 0.15) is 16.5 Å². The van der Waals surface area contributed by atoms with Crippen molar-refractivity contribution in [1.29, 1.82) is 0 Å². The van der Waals surface area contributed by atoms with Crippen molar-refractivity contribution in [3.63, 3.8) is 0 Å². The number of fused-ring (bicyclic) bond motifs is 2.